The number of aliphatic carboxylic acids is 1. The minimum Gasteiger partial charge on any atom is -0.480 e. The molecular weight excluding hydrogens is 849 g/mol. The molecule has 5 rings (SSSR count). The van der Waals surface area contributed by atoms with Crippen molar-refractivity contribution in [1.29, 1.82) is 0 Å². The number of carbonyl (C=O) groups excluding carboxylic acids is 5. The predicted octanol–water partition coefficient (Wildman–Crippen LogP) is 5.34. The number of hydrazine groups is 1. The van der Waals surface area contributed by atoms with Crippen molar-refractivity contribution in [2.75, 3.05) is 60.7 Å². The average Bonchev–Trinajstić information content (AvgIpc) is 3.80. The molecule has 0 aliphatic heterocycles. The second-order valence-corrected chi connectivity index (χ2v) is 17.3. The summed E-state index contributed by atoms with van der Waals surface area (Å²) in [6.45, 7) is 8.14. The molecule has 0 spiro atoms. The van der Waals surface area contributed by atoms with E-state index in [-0.39, 0.29) is 83.6 Å². The molecule has 0 fully saturated rings. The number of carbonyl (C=O) groups is 6. The lowest BCUT2D eigenvalue weighted by molar-refractivity contribution is -0.155. The van der Waals surface area contributed by atoms with Crippen LogP contribution in [0.1, 0.15) is 76.1 Å². The SMILES string of the molecule is C[C@@H](C(=O)O)N(C)C(=O)CCOCCOCCNC(=O)[C@@H](CCC(=O)OC(C)(C)C)NC(=O)CCn1c(CN(C)N(C)C(=O)OCC2c3ccccc3-c3ccccc32)cc2ccccc21. The monoisotopic (exact) mass is 912 g/mol. The first-order valence-corrected chi connectivity index (χ1v) is 22.2. The summed E-state index contributed by atoms with van der Waals surface area (Å²) in [6, 6.07) is 24.2. The molecule has 1 aliphatic rings. The number of likely N-dealkylation sites (N-methyl/N-ethyl adjacent to an activating group) is 1. The van der Waals surface area contributed by atoms with E-state index in [0.717, 1.165) is 43.8 Å². The Labute approximate surface area is 386 Å². The van der Waals surface area contributed by atoms with Crippen LogP contribution in [0.5, 0.6) is 0 Å². The van der Waals surface area contributed by atoms with Crippen LogP contribution in [0, 0.1) is 0 Å². The van der Waals surface area contributed by atoms with Gasteiger partial charge in [-0.15, -0.1) is 0 Å². The molecule has 17 nitrogen and oxygen atoms in total. The Kier molecular flexibility index (Phi) is 18.2. The van der Waals surface area contributed by atoms with Crippen LogP contribution in [-0.4, -0.2) is 139 Å². The number of nitrogens with zero attached hydrogens (tertiary/aromatic N) is 4. The Morgan fingerprint density at radius 3 is 2.08 bits per heavy atom. The van der Waals surface area contributed by atoms with E-state index in [4.69, 9.17) is 24.1 Å². The predicted molar refractivity (Wildman–Crippen MR) is 247 cm³/mol. The summed E-state index contributed by atoms with van der Waals surface area (Å²) in [5, 5.41) is 18.8. The first kappa shape index (κ1) is 50.7. The molecule has 4 amide bonds. The number of hydrogen-bond donors (Lipinski definition) is 3. The summed E-state index contributed by atoms with van der Waals surface area (Å²) in [4.78, 5) is 77.5. The fourth-order valence-electron chi connectivity index (χ4n) is 7.64. The number of aryl methyl sites for hydroxylation is 1. The van der Waals surface area contributed by atoms with Gasteiger partial charge in [-0.2, -0.15) is 0 Å². The number of esters is 1. The van der Waals surface area contributed by atoms with Gasteiger partial charge in [0.2, 0.25) is 17.7 Å². The van der Waals surface area contributed by atoms with Crippen LogP contribution in [-0.2, 0) is 56.0 Å². The lowest BCUT2D eigenvalue weighted by Crippen LogP contribution is -2.48. The Bertz CT molecular complexity index is 2280. The van der Waals surface area contributed by atoms with Crippen LogP contribution in [0.25, 0.3) is 22.0 Å². The topological polar surface area (TPSA) is 198 Å². The van der Waals surface area contributed by atoms with Crippen molar-refractivity contribution in [3.05, 3.63) is 95.7 Å². The van der Waals surface area contributed by atoms with Crippen LogP contribution in [0.2, 0.25) is 0 Å². The molecule has 0 bridgehead atoms. The van der Waals surface area contributed by atoms with Gasteiger partial charge in [-0.3, -0.25) is 19.2 Å². The quantitative estimate of drug-likeness (QED) is 0.0465. The summed E-state index contributed by atoms with van der Waals surface area (Å²) in [6.07, 6.45) is -0.572. The number of carboxylic acid groups (broad SMARTS) is 1. The van der Waals surface area contributed by atoms with Crippen LogP contribution in [0.15, 0.2) is 78.9 Å². The number of aromatic nitrogens is 1. The van der Waals surface area contributed by atoms with E-state index in [0.29, 0.717) is 6.54 Å². The Balaban J connectivity index is 1.13. The molecule has 17 heteroatoms. The van der Waals surface area contributed by atoms with Crippen molar-refractivity contribution in [3.8, 4) is 11.1 Å². The number of para-hydroxylation sites is 1. The number of fused-ring (bicyclic) bond motifs is 4. The van der Waals surface area contributed by atoms with Crippen molar-refractivity contribution in [2.24, 2.45) is 0 Å². The van der Waals surface area contributed by atoms with Gasteiger partial charge in [0.05, 0.1) is 39.4 Å². The number of nitrogens with one attached hydrogen (secondary N) is 2. The van der Waals surface area contributed by atoms with Gasteiger partial charge in [0, 0.05) is 64.2 Å². The highest BCUT2D eigenvalue weighted by atomic mass is 16.6. The Morgan fingerprint density at radius 2 is 1.42 bits per heavy atom. The van der Waals surface area contributed by atoms with Crippen LogP contribution < -0.4 is 10.6 Å². The molecule has 0 saturated heterocycles. The third-order valence-corrected chi connectivity index (χ3v) is 11.4. The van der Waals surface area contributed by atoms with Gasteiger partial charge in [0.25, 0.3) is 0 Å². The molecule has 2 atom stereocenters. The van der Waals surface area contributed by atoms with Gasteiger partial charge in [-0.05, 0) is 73.9 Å². The van der Waals surface area contributed by atoms with E-state index in [9.17, 15) is 28.8 Å². The van der Waals surface area contributed by atoms with Crippen LogP contribution in [0.3, 0.4) is 0 Å². The Morgan fingerprint density at radius 1 is 0.803 bits per heavy atom. The zero-order chi connectivity index (χ0) is 48.0. The number of amides is 4. The van der Waals surface area contributed by atoms with Crippen molar-refractivity contribution < 1.29 is 52.8 Å². The number of benzene rings is 3. The van der Waals surface area contributed by atoms with E-state index in [2.05, 4.69) is 34.9 Å². The third kappa shape index (κ3) is 14.1. The van der Waals surface area contributed by atoms with Crippen molar-refractivity contribution in [3.63, 3.8) is 0 Å². The first-order chi connectivity index (χ1) is 31.4. The lowest BCUT2D eigenvalue weighted by Gasteiger charge is -2.28. The molecule has 356 valence electrons. The standard InChI is InChI=1S/C49H64N6O11/c1-33(47(60)61)53(6)44(57)23-26-63-28-29-64-27-24-50-46(59)41(20-21-45(58)66-49(2,3)4)51-43(56)22-25-55-35(30-34-14-8-13-19-42(34)55)31-52(5)54(7)48(62)65-32-40-38-17-11-9-15-36(38)37-16-10-12-18-39(37)40/h8-19,30,33,40-41H,20-29,31-32H2,1-7H3,(H,50,59)(H,51,56)(H,60,61)/t33-,41+/m0/s1. The van der Waals surface area contributed by atoms with E-state index in [1.165, 1.54) is 19.0 Å². The maximum Gasteiger partial charge on any atom is 0.424 e. The van der Waals surface area contributed by atoms with Gasteiger partial charge in [0.15, 0.2) is 0 Å². The number of hydrogen-bond acceptors (Lipinski definition) is 11. The van der Waals surface area contributed by atoms with Gasteiger partial charge in [-0.1, -0.05) is 66.7 Å². The first-order valence-electron chi connectivity index (χ1n) is 22.2. The van der Waals surface area contributed by atoms with Crippen LogP contribution in [0.4, 0.5) is 4.79 Å². The molecular formula is C49H64N6O11. The third-order valence-electron chi connectivity index (χ3n) is 11.4. The lowest BCUT2D eigenvalue weighted by atomic mass is 9.98. The van der Waals surface area contributed by atoms with Gasteiger partial charge in [0.1, 0.15) is 24.3 Å². The second kappa shape index (κ2) is 23.8. The van der Waals surface area contributed by atoms with Crippen LogP contribution >= 0.6 is 0 Å². The summed E-state index contributed by atoms with van der Waals surface area (Å²) in [7, 11) is 4.87. The van der Waals surface area contributed by atoms with Gasteiger partial charge in [-0.25, -0.2) is 19.6 Å². The Hall–Kier alpha value is -6.30. The summed E-state index contributed by atoms with van der Waals surface area (Å²) >= 11 is 0. The molecule has 66 heavy (non-hydrogen) atoms. The van der Waals surface area contributed by atoms with Crippen molar-refractivity contribution >= 4 is 46.7 Å². The number of carboxylic acids is 1. The molecule has 0 radical (unpaired) electrons. The van der Waals surface area contributed by atoms with E-state index < -0.39 is 47.5 Å². The normalized spacial score (nSPS) is 13.1. The molecule has 1 aromatic heterocycles. The van der Waals surface area contributed by atoms with Gasteiger partial charge >= 0.3 is 18.0 Å². The molecule has 3 aromatic carbocycles. The maximum absolute atomic E-state index is 13.6. The zero-order valence-corrected chi connectivity index (χ0v) is 39.0. The van der Waals surface area contributed by atoms with Crippen molar-refractivity contribution in [1.82, 2.24) is 30.1 Å². The smallest absolute Gasteiger partial charge is 0.424 e. The highest BCUT2D eigenvalue weighted by molar-refractivity contribution is 5.88. The zero-order valence-electron chi connectivity index (χ0n) is 39.0. The highest BCUT2D eigenvalue weighted by Crippen LogP contribution is 2.44. The molecule has 0 saturated carbocycles. The van der Waals surface area contributed by atoms with Crippen molar-refractivity contribution in [2.45, 2.75) is 90.1 Å². The van der Waals surface area contributed by atoms with E-state index in [1.807, 2.05) is 59.2 Å². The fraction of sp³-hybridized carbons (Fsp3) is 0.469. The second-order valence-electron chi connectivity index (χ2n) is 17.3. The summed E-state index contributed by atoms with van der Waals surface area (Å²) in [5.41, 5.74) is 5.56. The highest BCUT2D eigenvalue weighted by Gasteiger charge is 2.30. The molecule has 3 N–H and O–H groups in total. The maximum atomic E-state index is 13.6. The largest absolute Gasteiger partial charge is 0.480 e. The minimum absolute atomic E-state index is 0.00499. The number of ether oxygens (including phenoxy) is 4. The van der Waals surface area contributed by atoms with E-state index in [1.54, 1.807) is 39.9 Å². The van der Waals surface area contributed by atoms with E-state index >= 15 is 0 Å². The minimum atomic E-state index is -1.10. The average molecular weight is 913 g/mol. The summed E-state index contributed by atoms with van der Waals surface area (Å²) < 4.78 is 24.4. The fourth-order valence-corrected chi connectivity index (χ4v) is 7.64. The molecule has 4 aromatic rings. The number of rotatable bonds is 24. The summed E-state index contributed by atoms with van der Waals surface area (Å²) in [5.74, 6) is -2.92. The van der Waals surface area contributed by atoms with Gasteiger partial charge < -0.3 is 44.2 Å². The molecule has 1 aliphatic carbocycles. The molecule has 0 unspecified atom stereocenters. The molecule has 1 heterocycles.